The smallest absolute Gasteiger partial charge is 0.237 e. The van der Waals surface area contributed by atoms with E-state index in [0.29, 0.717) is 39.6 Å². The average Bonchev–Trinajstić information content (AvgIpc) is 2.85. The second kappa shape index (κ2) is 8.98. The molecule has 0 unspecified atom stereocenters. The highest BCUT2D eigenvalue weighted by atomic mass is 19.1. The summed E-state index contributed by atoms with van der Waals surface area (Å²) in [4.78, 5) is 13.0. The predicted octanol–water partition coefficient (Wildman–Crippen LogP) is 6.25. The maximum Gasteiger partial charge on any atom is 0.237 e. The molecule has 2 heterocycles. The van der Waals surface area contributed by atoms with Crippen LogP contribution in [0.3, 0.4) is 0 Å². The Morgan fingerprint density at radius 3 is 2.34 bits per heavy atom. The highest BCUT2D eigenvalue weighted by molar-refractivity contribution is 5.86. The van der Waals surface area contributed by atoms with E-state index in [9.17, 15) is 18.0 Å². The Bertz CT molecular complexity index is 1630. The monoisotopic (exact) mass is 474 g/mol. The zero-order valence-electron chi connectivity index (χ0n) is 18.3. The third kappa shape index (κ3) is 4.33. The number of nitrogens with zero attached hydrogens (tertiary/aromatic N) is 2. The quantitative estimate of drug-likeness (QED) is 0.302. The van der Waals surface area contributed by atoms with E-state index < -0.39 is 11.6 Å². The summed E-state index contributed by atoms with van der Waals surface area (Å²) in [6.45, 7) is 0. The van der Waals surface area contributed by atoms with Gasteiger partial charge in [-0.25, -0.2) is 17.7 Å². The molecule has 0 aliphatic carbocycles. The van der Waals surface area contributed by atoms with E-state index in [0.717, 1.165) is 12.1 Å². The van der Waals surface area contributed by atoms with Gasteiger partial charge in [0.25, 0.3) is 0 Å². The minimum absolute atomic E-state index is 0.0399. The molecule has 2 aromatic heterocycles. The zero-order chi connectivity index (χ0) is 24.5. The second-order valence-corrected chi connectivity index (χ2v) is 7.66. The molecule has 0 saturated carbocycles. The second-order valence-electron chi connectivity index (χ2n) is 7.66. The molecule has 0 atom stereocenters. The zero-order valence-corrected chi connectivity index (χ0v) is 18.3. The van der Waals surface area contributed by atoms with Gasteiger partial charge in [-0.05, 0) is 53.6 Å². The minimum atomic E-state index is -0.869. The van der Waals surface area contributed by atoms with Crippen LogP contribution in [0.2, 0.25) is 0 Å². The van der Waals surface area contributed by atoms with Gasteiger partial charge >= 0.3 is 0 Å². The van der Waals surface area contributed by atoms with Gasteiger partial charge in [0.05, 0.1) is 18.2 Å². The van der Waals surface area contributed by atoms with Crippen LogP contribution in [-0.2, 0) is 0 Å². The average molecular weight is 474 g/mol. The SMILES string of the molecule is COc1ccc(-c2cccc(F)c2)cc1-c1c(=O)ccn2nc(Oc3ccc(F)cc3F)ccc12. The molecule has 0 aliphatic rings. The summed E-state index contributed by atoms with van der Waals surface area (Å²) in [5, 5.41) is 4.31. The van der Waals surface area contributed by atoms with E-state index in [-0.39, 0.29) is 22.9 Å². The van der Waals surface area contributed by atoms with E-state index in [4.69, 9.17) is 9.47 Å². The molecule has 174 valence electrons. The van der Waals surface area contributed by atoms with Crippen LogP contribution in [0.4, 0.5) is 13.2 Å². The Morgan fingerprint density at radius 1 is 0.800 bits per heavy atom. The topological polar surface area (TPSA) is 52.8 Å². The largest absolute Gasteiger partial charge is 0.496 e. The number of benzene rings is 3. The summed E-state index contributed by atoms with van der Waals surface area (Å²) < 4.78 is 53.4. The summed E-state index contributed by atoms with van der Waals surface area (Å²) in [6.07, 6.45) is 1.46. The molecular formula is C27H17F3N2O3. The maximum atomic E-state index is 14.0. The van der Waals surface area contributed by atoms with Crippen LogP contribution in [0.25, 0.3) is 27.8 Å². The van der Waals surface area contributed by atoms with Crippen LogP contribution in [0.15, 0.2) is 89.9 Å². The van der Waals surface area contributed by atoms with E-state index in [1.54, 1.807) is 36.4 Å². The molecule has 5 aromatic rings. The molecule has 0 N–H and O–H groups in total. The first-order valence-electron chi connectivity index (χ1n) is 10.5. The fraction of sp³-hybridized carbons (Fsp3) is 0.0370. The molecule has 5 nitrogen and oxygen atoms in total. The van der Waals surface area contributed by atoms with Gasteiger partial charge in [-0.1, -0.05) is 18.2 Å². The van der Waals surface area contributed by atoms with Crippen molar-refractivity contribution in [1.29, 1.82) is 0 Å². The van der Waals surface area contributed by atoms with Crippen molar-refractivity contribution in [3.8, 4) is 39.6 Å². The number of rotatable bonds is 5. The molecule has 3 aromatic carbocycles. The van der Waals surface area contributed by atoms with Crippen molar-refractivity contribution in [2.45, 2.75) is 0 Å². The van der Waals surface area contributed by atoms with Crippen LogP contribution in [0.5, 0.6) is 17.4 Å². The van der Waals surface area contributed by atoms with E-state index in [1.165, 1.54) is 42.1 Å². The summed E-state index contributed by atoms with van der Waals surface area (Å²) in [6, 6.07) is 18.7. The van der Waals surface area contributed by atoms with E-state index >= 15 is 0 Å². The van der Waals surface area contributed by atoms with Gasteiger partial charge in [0.15, 0.2) is 17.0 Å². The number of methoxy groups -OCH3 is 1. The molecule has 8 heteroatoms. The first kappa shape index (κ1) is 22.2. The lowest BCUT2D eigenvalue weighted by Crippen LogP contribution is -2.10. The van der Waals surface area contributed by atoms with Gasteiger partial charge in [0.2, 0.25) is 5.88 Å². The fourth-order valence-electron chi connectivity index (χ4n) is 3.83. The molecule has 0 spiro atoms. The van der Waals surface area contributed by atoms with Crippen LogP contribution in [0, 0.1) is 17.5 Å². The van der Waals surface area contributed by atoms with Gasteiger partial charge in [-0.3, -0.25) is 4.79 Å². The van der Waals surface area contributed by atoms with Crippen molar-refractivity contribution in [1.82, 2.24) is 9.61 Å². The van der Waals surface area contributed by atoms with Crippen molar-refractivity contribution in [3.63, 3.8) is 0 Å². The maximum absolute atomic E-state index is 14.0. The molecule has 0 fully saturated rings. The van der Waals surface area contributed by atoms with Crippen LogP contribution in [0.1, 0.15) is 0 Å². The third-order valence-corrected chi connectivity index (χ3v) is 5.44. The Kier molecular flexibility index (Phi) is 5.70. The summed E-state index contributed by atoms with van der Waals surface area (Å²) in [5.41, 5.74) is 2.32. The van der Waals surface area contributed by atoms with Gasteiger partial charge in [-0.15, -0.1) is 5.10 Å². The Morgan fingerprint density at radius 2 is 1.57 bits per heavy atom. The number of hydrogen-bond acceptors (Lipinski definition) is 4. The molecule has 5 rings (SSSR count). The number of fused-ring (bicyclic) bond motifs is 1. The molecular weight excluding hydrogens is 457 g/mol. The molecule has 0 amide bonds. The van der Waals surface area contributed by atoms with Gasteiger partial charge in [0.1, 0.15) is 17.4 Å². The van der Waals surface area contributed by atoms with Crippen LogP contribution >= 0.6 is 0 Å². The van der Waals surface area contributed by atoms with Crippen LogP contribution in [-0.4, -0.2) is 16.7 Å². The normalized spacial score (nSPS) is 11.0. The van der Waals surface area contributed by atoms with Crippen molar-refractivity contribution in [3.05, 3.63) is 113 Å². The predicted molar refractivity (Wildman–Crippen MR) is 125 cm³/mol. The van der Waals surface area contributed by atoms with Gasteiger partial charge in [-0.2, -0.15) is 0 Å². The highest BCUT2D eigenvalue weighted by Crippen LogP contribution is 2.35. The van der Waals surface area contributed by atoms with Crippen molar-refractivity contribution >= 4 is 5.52 Å². The lowest BCUT2D eigenvalue weighted by atomic mass is 9.97. The number of hydrogen-bond donors (Lipinski definition) is 0. The molecule has 0 aliphatic heterocycles. The highest BCUT2D eigenvalue weighted by Gasteiger charge is 2.16. The third-order valence-electron chi connectivity index (χ3n) is 5.44. The van der Waals surface area contributed by atoms with Crippen molar-refractivity contribution in [2.75, 3.05) is 7.11 Å². The first-order chi connectivity index (χ1) is 16.9. The number of ether oxygens (including phenoxy) is 2. The van der Waals surface area contributed by atoms with Crippen molar-refractivity contribution in [2.24, 2.45) is 0 Å². The first-order valence-corrected chi connectivity index (χ1v) is 10.5. The minimum Gasteiger partial charge on any atom is -0.496 e. The van der Waals surface area contributed by atoms with Crippen molar-refractivity contribution < 1.29 is 22.6 Å². The van der Waals surface area contributed by atoms with E-state index in [1.807, 2.05) is 0 Å². The fourth-order valence-corrected chi connectivity index (χ4v) is 3.83. The lowest BCUT2D eigenvalue weighted by molar-refractivity contribution is 0.416. The molecule has 0 saturated heterocycles. The molecule has 0 radical (unpaired) electrons. The number of halogens is 3. The number of aromatic nitrogens is 2. The summed E-state index contributed by atoms with van der Waals surface area (Å²) in [7, 11) is 1.49. The molecule has 35 heavy (non-hydrogen) atoms. The summed E-state index contributed by atoms with van der Waals surface area (Å²) in [5.74, 6) is -1.67. The van der Waals surface area contributed by atoms with E-state index in [2.05, 4.69) is 5.10 Å². The Labute approximate surface area is 197 Å². The number of pyridine rings is 1. The summed E-state index contributed by atoms with van der Waals surface area (Å²) >= 11 is 0. The van der Waals surface area contributed by atoms with Gasteiger partial charge in [0, 0.05) is 30.0 Å². The Balaban J connectivity index is 1.63. The van der Waals surface area contributed by atoms with Crippen LogP contribution < -0.4 is 14.9 Å². The molecule has 0 bridgehead atoms. The Hall–Kier alpha value is -4.59. The lowest BCUT2D eigenvalue weighted by Gasteiger charge is -2.14. The van der Waals surface area contributed by atoms with Gasteiger partial charge < -0.3 is 9.47 Å². The standard InChI is InChI=1S/C27H17F3N2O3/c1-34-24-8-5-17(16-3-2-4-18(28)13-16)14-20(24)27-22-7-10-26(31-32(22)12-11-23(27)33)35-25-9-6-19(29)15-21(25)30/h2-15H,1H3.